The molecule has 0 aliphatic rings. The highest BCUT2D eigenvalue weighted by molar-refractivity contribution is 5.94. The van der Waals surface area contributed by atoms with Crippen LogP contribution >= 0.6 is 0 Å². The number of benzene rings is 2. The number of carbonyl (C=O) groups excluding carboxylic acids is 1. The van der Waals surface area contributed by atoms with Gasteiger partial charge in [0.25, 0.3) is 5.91 Å². The van der Waals surface area contributed by atoms with E-state index < -0.39 is 0 Å². The first-order chi connectivity index (χ1) is 17.4. The summed E-state index contributed by atoms with van der Waals surface area (Å²) in [6.45, 7) is 7.80. The Hall–Kier alpha value is -4.79. The molecule has 2 aromatic carbocycles. The highest BCUT2D eigenvalue weighted by Crippen LogP contribution is 2.27. The Labute approximate surface area is 208 Å². The third-order valence-electron chi connectivity index (χ3n) is 6.08. The van der Waals surface area contributed by atoms with E-state index in [1.165, 1.54) is 0 Å². The van der Waals surface area contributed by atoms with Crippen molar-refractivity contribution >= 4 is 12.1 Å². The lowest BCUT2D eigenvalue weighted by Gasteiger charge is -2.04. The first-order valence-corrected chi connectivity index (χ1v) is 11.6. The summed E-state index contributed by atoms with van der Waals surface area (Å²) in [5, 5.41) is 20.6. The van der Waals surface area contributed by atoms with Crippen LogP contribution in [0.4, 0.5) is 0 Å². The first-order valence-electron chi connectivity index (χ1n) is 11.6. The van der Waals surface area contributed by atoms with Gasteiger partial charge in [0, 0.05) is 11.1 Å². The zero-order valence-electron chi connectivity index (χ0n) is 20.5. The van der Waals surface area contributed by atoms with E-state index in [1.54, 1.807) is 12.3 Å². The number of aryl methyl sites for hydroxylation is 2. The van der Waals surface area contributed by atoms with Crippen molar-refractivity contribution in [2.75, 3.05) is 0 Å². The van der Waals surface area contributed by atoms with Crippen molar-refractivity contribution in [3.8, 4) is 22.6 Å². The van der Waals surface area contributed by atoms with Crippen molar-refractivity contribution in [2.45, 2.75) is 27.7 Å². The average molecular weight is 479 g/mol. The molecule has 0 saturated heterocycles. The lowest BCUT2D eigenvalue weighted by atomic mass is 10.1. The Morgan fingerprint density at radius 1 is 0.861 bits per heavy atom. The summed E-state index contributed by atoms with van der Waals surface area (Å²) >= 11 is 0. The number of nitrogens with one attached hydrogen (secondary N) is 2. The van der Waals surface area contributed by atoms with Crippen LogP contribution in [0, 0.1) is 27.7 Å². The van der Waals surface area contributed by atoms with Crippen LogP contribution in [0.1, 0.15) is 38.8 Å². The lowest BCUT2D eigenvalue weighted by molar-refractivity contribution is 0.0950. The van der Waals surface area contributed by atoms with Gasteiger partial charge < -0.3 is 0 Å². The van der Waals surface area contributed by atoms with E-state index in [1.807, 2.05) is 97.7 Å². The van der Waals surface area contributed by atoms with Gasteiger partial charge in [-0.05, 0) is 58.0 Å². The van der Waals surface area contributed by atoms with Gasteiger partial charge in [0.2, 0.25) is 0 Å². The summed E-state index contributed by atoms with van der Waals surface area (Å²) in [6, 6.07) is 21.5. The van der Waals surface area contributed by atoms with E-state index in [-0.39, 0.29) is 5.91 Å². The summed E-state index contributed by atoms with van der Waals surface area (Å²) in [4.78, 5) is 12.7. The molecule has 0 aliphatic carbocycles. The SMILES string of the molecule is Cc1nn(-c2ccccc2)c(C)c1/C=N\NC(=O)c1cc(-c2c(C)nn(-c3ccccc3)c2C)n[nH]1. The number of hydrogen-bond donors (Lipinski definition) is 2. The summed E-state index contributed by atoms with van der Waals surface area (Å²) in [6.07, 6.45) is 1.62. The molecule has 5 rings (SSSR count). The van der Waals surface area contributed by atoms with Crippen LogP contribution in [0.25, 0.3) is 22.6 Å². The fraction of sp³-hybridized carbons (Fsp3) is 0.148. The number of rotatable bonds is 6. The van der Waals surface area contributed by atoms with Crippen LogP contribution in [0.2, 0.25) is 0 Å². The molecule has 5 aromatic rings. The van der Waals surface area contributed by atoms with Crippen LogP contribution in [0.15, 0.2) is 71.8 Å². The first kappa shape index (κ1) is 23.0. The fourth-order valence-electron chi connectivity index (χ4n) is 4.28. The molecule has 0 fully saturated rings. The van der Waals surface area contributed by atoms with E-state index in [0.29, 0.717) is 11.4 Å². The van der Waals surface area contributed by atoms with Crippen LogP contribution in [0.3, 0.4) is 0 Å². The summed E-state index contributed by atoms with van der Waals surface area (Å²) in [7, 11) is 0. The fourth-order valence-corrected chi connectivity index (χ4v) is 4.28. The van der Waals surface area contributed by atoms with Crippen molar-refractivity contribution in [3.05, 3.63) is 101 Å². The molecule has 0 atom stereocenters. The minimum absolute atomic E-state index is 0.307. The number of amides is 1. The maximum atomic E-state index is 12.7. The van der Waals surface area contributed by atoms with Gasteiger partial charge in [-0.2, -0.15) is 20.4 Å². The third-order valence-corrected chi connectivity index (χ3v) is 6.08. The highest BCUT2D eigenvalue weighted by Gasteiger charge is 2.19. The quantitative estimate of drug-likeness (QED) is 0.278. The Bertz CT molecular complexity index is 1560. The van der Waals surface area contributed by atoms with E-state index in [0.717, 1.165) is 45.3 Å². The van der Waals surface area contributed by atoms with Crippen molar-refractivity contribution in [3.63, 3.8) is 0 Å². The molecule has 0 bridgehead atoms. The average Bonchev–Trinajstić information content (AvgIpc) is 3.57. The molecule has 36 heavy (non-hydrogen) atoms. The van der Waals surface area contributed by atoms with Crippen molar-refractivity contribution in [1.82, 2.24) is 35.2 Å². The van der Waals surface area contributed by atoms with Crippen molar-refractivity contribution in [1.29, 1.82) is 0 Å². The highest BCUT2D eigenvalue weighted by atomic mass is 16.2. The van der Waals surface area contributed by atoms with E-state index in [9.17, 15) is 4.79 Å². The zero-order chi connectivity index (χ0) is 25.2. The van der Waals surface area contributed by atoms with E-state index in [4.69, 9.17) is 0 Å². The maximum Gasteiger partial charge on any atom is 0.289 e. The molecule has 9 heteroatoms. The minimum atomic E-state index is -0.387. The smallest absolute Gasteiger partial charge is 0.272 e. The minimum Gasteiger partial charge on any atom is -0.272 e. The number of nitrogens with zero attached hydrogens (tertiary/aromatic N) is 6. The number of aromatic amines is 1. The summed E-state index contributed by atoms with van der Waals surface area (Å²) in [5.74, 6) is -0.387. The van der Waals surface area contributed by atoms with Gasteiger partial charge in [0.1, 0.15) is 5.69 Å². The van der Waals surface area contributed by atoms with E-state index in [2.05, 4.69) is 30.9 Å². The Balaban J connectivity index is 1.33. The number of carbonyl (C=O) groups is 1. The van der Waals surface area contributed by atoms with Gasteiger partial charge in [0.15, 0.2) is 0 Å². The van der Waals surface area contributed by atoms with Gasteiger partial charge in [-0.15, -0.1) is 0 Å². The summed E-state index contributed by atoms with van der Waals surface area (Å²) < 4.78 is 3.74. The largest absolute Gasteiger partial charge is 0.289 e. The van der Waals surface area contributed by atoms with Gasteiger partial charge >= 0.3 is 0 Å². The molecular formula is C27H26N8O. The van der Waals surface area contributed by atoms with Gasteiger partial charge in [0.05, 0.1) is 46.1 Å². The number of H-pyrrole nitrogens is 1. The summed E-state index contributed by atoms with van der Waals surface area (Å²) in [5.41, 5.74) is 10.7. The molecule has 0 radical (unpaired) electrons. The molecule has 0 unspecified atom stereocenters. The van der Waals surface area contributed by atoms with Crippen LogP contribution in [0.5, 0.6) is 0 Å². The number of aromatic nitrogens is 6. The molecule has 9 nitrogen and oxygen atoms in total. The Morgan fingerprint density at radius 3 is 2.08 bits per heavy atom. The molecule has 0 spiro atoms. The lowest BCUT2D eigenvalue weighted by Crippen LogP contribution is -2.18. The van der Waals surface area contributed by atoms with Crippen molar-refractivity contribution < 1.29 is 4.79 Å². The number of para-hydroxylation sites is 2. The van der Waals surface area contributed by atoms with Gasteiger partial charge in [-0.1, -0.05) is 36.4 Å². The predicted octanol–water partition coefficient (Wildman–Crippen LogP) is 4.45. The molecular weight excluding hydrogens is 452 g/mol. The number of hydrogen-bond acceptors (Lipinski definition) is 5. The Kier molecular flexibility index (Phi) is 6.03. The molecule has 1 amide bonds. The predicted molar refractivity (Wildman–Crippen MR) is 139 cm³/mol. The standard InChI is InChI=1S/C27H26N8O/c1-17-23(19(3)34(32-17)21-11-7-5-8-12-21)16-28-31-27(36)25-15-24(29-30-25)26-18(2)33-35(20(26)4)22-13-9-6-10-14-22/h5-16H,1-4H3,(H,29,30)(H,31,36)/b28-16-. The molecule has 0 saturated carbocycles. The van der Waals surface area contributed by atoms with Crippen LogP contribution < -0.4 is 5.43 Å². The molecule has 180 valence electrons. The second kappa shape index (κ2) is 9.46. The second-order valence-corrected chi connectivity index (χ2v) is 8.49. The van der Waals surface area contributed by atoms with Crippen LogP contribution in [-0.2, 0) is 0 Å². The van der Waals surface area contributed by atoms with Gasteiger partial charge in [-0.3, -0.25) is 9.89 Å². The monoisotopic (exact) mass is 478 g/mol. The van der Waals surface area contributed by atoms with Gasteiger partial charge in [-0.25, -0.2) is 14.8 Å². The molecule has 3 aromatic heterocycles. The molecule has 3 heterocycles. The number of hydrazone groups is 1. The van der Waals surface area contributed by atoms with Crippen LogP contribution in [-0.4, -0.2) is 41.9 Å². The van der Waals surface area contributed by atoms with E-state index >= 15 is 0 Å². The van der Waals surface area contributed by atoms with Crippen molar-refractivity contribution in [2.24, 2.45) is 5.10 Å². The molecule has 0 aliphatic heterocycles. The molecule has 2 N–H and O–H groups in total. The third kappa shape index (κ3) is 4.22. The normalized spacial score (nSPS) is 11.3. The maximum absolute atomic E-state index is 12.7. The second-order valence-electron chi connectivity index (χ2n) is 8.49. The Morgan fingerprint density at radius 2 is 1.44 bits per heavy atom. The zero-order valence-corrected chi connectivity index (χ0v) is 20.5. The topological polar surface area (TPSA) is 106 Å².